The van der Waals surface area contributed by atoms with Gasteiger partial charge in [-0.25, -0.2) is 4.39 Å². The van der Waals surface area contributed by atoms with Gasteiger partial charge in [0.15, 0.2) is 0 Å². The molecule has 1 N–H and O–H groups in total. The number of hydrogen-bond acceptors (Lipinski definition) is 2. The van der Waals surface area contributed by atoms with E-state index in [0.717, 1.165) is 0 Å². The lowest BCUT2D eigenvalue weighted by Crippen LogP contribution is -2.03. The van der Waals surface area contributed by atoms with E-state index in [0.29, 0.717) is 21.7 Å². The zero-order chi connectivity index (χ0) is 13.8. The summed E-state index contributed by atoms with van der Waals surface area (Å²) in [5.74, 6) is -0.430. The fourth-order valence-electron chi connectivity index (χ4n) is 1.79. The van der Waals surface area contributed by atoms with Gasteiger partial charge >= 0.3 is 0 Å². The molecule has 0 heterocycles. The van der Waals surface area contributed by atoms with Crippen LogP contribution in [0.25, 0.3) is 0 Å². The van der Waals surface area contributed by atoms with Crippen LogP contribution in [0.5, 0.6) is 0 Å². The third kappa shape index (κ3) is 3.31. The summed E-state index contributed by atoms with van der Waals surface area (Å²) in [6.07, 6.45) is -0.655. The number of aliphatic hydroxyl groups is 1. The molecule has 1 atom stereocenters. The van der Waals surface area contributed by atoms with Gasteiger partial charge in [-0.1, -0.05) is 29.8 Å². The second-order valence-electron chi connectivity index (χ2n) is 4.19. The van der Waals surface area contributed by atoms with Crippen molar-refractivity contribution in [2.75, 3.05) is 0 Å². The topological polar surface area (TPSA) is 44.0 Å². The molecule has 1 unspecified atom stereocenters. The first kappa shape index (κ1) is 13.5. The van der Waals surface area contributed by atoms with Crippen LogP contribution in [0, 0.1) is 17.1 Å². The summed E-state index contributed by atoms with van der Waals surface area (Å²) in [5.41, 5.74) is 1.57. The van der Waals surface area contributed by atoms with E-state index in [1.165, 1.54) is 6.07 Å². The van der Waals surface area contributed by atoms with Gasteiger partial charge in [0.25, 0.3) is 0 Å². The minimum absolute atomic E-state index is 0.162. The van der Waals surface area contributed by atoms with E-state index >= 15 is 0 Å². The number of aliphatic hydroxyl groups excluding tert-OH is 1. The van der Waals surface area contributed by atoms with Gasteiger partial charge in [0.2, 0.25) is 0 Å². The maximum absolute atomic E-state index is 13.6. The Labute approximate surface area is 115 Å². The second-order valence-corrected chi connectivity index (χ2v) is 4.63. The van der Waals surface area contributed by atoms with Gasteiger partial charge in [-0.15, -0.1) is 0 Å². The van der Waals surface area contributed by atoms with E-state index in [1.807, 2.05) is 6.07 Å². The van der Waals surface area contributed by atoms with Crippen LogP contribution in [0.1, 0.15) is 22.8 Å². The number of nitrogens with zero attached hydrogens (tertiary/aromatic N) is 1. The summed E-state index contributed by atoms with van der Waals surface area (Å²) in [5, 5.41) is 19.1. The summed E-state index contributed by atoms with van der Waals surface area (Å²) in [7, 11) is 0. The summed E-state index contributed by atoms with van der Waals surface area (Å²) in [6, 6.07) is 12.9. The zero-order valence-electron chi connectivity index (χ0n) is 9.98. The average Bonchev–Trinajstić information content (AvgIpc) is 2.42. The third-order valence-corrected chi connectivity index (χ3v) is 3.09. The number of hydrogen-bond donors (Lipinski definition) is 1. The molecule has 0 aliphatic rings. The molecule has 0 radical (unpaired) electrons. The van der Waals surface area contributed by atoms with E-state index < -0.39 is 11.9 Å². The minimum Gasteiger partial charge on any atom is -0.388 e. The number of rotatable bonds is 3. The molecule has 0 saturated carbocycles. The van der Waals surface area contributed by atoms with Crippen molar-refractivity contribution >= 4 is 11.6 Å². The maximum Gasteiger partial charge on any atom is 0.127 e. The van der Waals surface area contributed by atoms with E-state index in [1.54, 1.807) is 36.4 Å². The maximum atomic E-state index is 13.6. The summed E-state index contributed by atoms with van der Waals surface area (Å²) >= 11 is 5.67. The molecule has 2 nitrogen and oxygen atoms in total. The Morgan fingerprint density at radius 2 is 1.89 bits per heavy atom. The van der Waals surface area contributed by atoms with Gasteiger partial charge < -0.3 is 5.11 Å². The second kappa shape index (κ2) is 5.83. The normalized spacial score (nSPS) is 11.9. The Kier molecular flexibility index (Phi) is 4.16. The Bertz CT molecular complexity index is 619. The highest BCUT2D eigenvalue weighted by molar-refractivity contribution is 6.30. The largest absolute Gasteiger partial charge is 0.388 e. The van der Waals surface area contributed by atoms with Crippen LogP contribution in [0.4, 0.5) is 4.39 Å². The summed E-state index contributed by atoms with van der Waals surface area (Å²) < 4.78 is 13.6. The molecule has 0 aromatic heterocycles. The zero-order valence-corrected chi connectivity index (χ0v) is 10.7. The van der Waals surface area contributed by atoms with Crippen molar-refractivity contribution in [1.82, 2.24) is 0 Å². The van der Waals surface area contributed by atoms with Crippen molar-refractivity contribution in [3.05, 3.63) is 70.0 Å². The molecule has 2 aromatic carbocycles. The lowest BCUT2D eigenvalue weighted by molar-refractivity contribution is 0.177. The highest BCUT2D eigenvalue weighted by atomic mass is 35.5. The van der Waals surface area contributed by atoms with Crippen LogP contribution < -0.4 is 0 Å². The summed E-state index contributed by atoms with van der Waals surface area (Å²) in [6.45, 7) is 0. The van der Waals surface area contributed by atoms with Crippen LogP contribution in [-0.4, -0.2) is 5.11 Å². The molecule has 4 heteroatoms. The van der Waals surface area contributed by atoms with Crippen LogP contribution in [0.2, 0.25) is 5.02 Å². The quantitative estimate of drug-likeness (QED) is 0.930. The van der Waals surface area contributed by atoms with Gasteiger partial charge in [0, 0.05) is 11.4 Å². The monoisotopic (exact) mass is 275 g/mol. The van der Waals surface area contributed by atoms with Crippen LogP contribution in [0.15, 0.2) is 42.5 Å². The van der Waals surface area contributed by atoms with Crippen molar-refractivity contribution < 1.29 is 9.50 Å². The van der Waals surface area contributed by atoms with E-state index in [2.05, 4.69) is 0 Å². The van der Waals surface area contributed by atoms with Crippen LogP contribution in [0.3, 0.4) is 0 Å². The molecular formula is C15H11ClFNO. The van der Waals surface area contributed by atoms with Gasteiger partial charge in [-0.3, -0.25) is 0 Å². The molecule has 0 bridgehead atoms. The van der Waals surface area contributed by atoms with Gasteiger partial charge in [0.1, 0.15) is 5.82 Å². The molecule has 0 saturated heterocycles. The van der Waals surface area contributed by atoms with Crippen molar-refractivity contribution in [3.8, 4) is 6.07 Å². The first-order valence-electron chi connectivity index (χ1n) is 5.72. The number of halogens is 2. The lowest BCUT2D eigenvalue weighted by Gasteiger charge is -2.12. The average molecular weight is 276 g/mol. The highest BCUT2D eigenvalue weighted by Crippen LogP contribution is 2.22. The Balaban J connectivity index is 2.16. The Morgan fingerprint density at radius 1 is 1.21 bits per heavy atom. The smallest absolute Gasteiger partial charge is 0.127 e. The van der Waals surface area contributed by atoms with Crippen molar-refractivity contribution in [2.24, 2.45) is 0 Å². The molecule has 2 rings (SSSR count). The predicted octanol–water partition coefficient (Wildman–Crippen LogP) is 3.63. The number of benzene rings is 2. The highest BCUT2D eigenvalue weighted by Gasteiger charge is 2.12. The molecule has 0 fully saturated rings. The van der Waals surface area contributed by atoms with E-state index in [-0.39, 0.29) is 6.42 Å². The van der Waals surface area contributed by atoms with Gasteiger partial charge in [-0.2, -0.15) is 5.26 Å². The molecule has 0 amide bonds. The number of nitriles is 1. The fourth-order valence-corrected chi connectivity index (χ4v) is 1.95. The Hall–Kier alpha value is -1.89. The van der Waals surface area contributed by atoms with Gasteiger partial charge in [0.05, 0.1) is 17.7 Å². The first-order valence-corrected chi connectivity index (χ1v) is 6.10. The van der Waals surface area contributed by atoms with Crippen molar-refractivity contribution in [2.45, 2.75) is 12.5 Å². The van der Waals surface area contributed by atoms with Crippen LogP contribution in [-0.2, 0) is 6.42 Å². The van der Waals surface area contributed by atoms with Crippen molar-refractivity contribution in [1.29, 1.82) is 5.26 Å². The molecule has 96 valence electrons. The molecule has 0 aliphatic heterocycles. The predicted molar refractivity (Wildman–Crippen MR) is 71.2 cm³/mol. The molecule has 0 spiro atoms. The SMILES string of the molecule is N#Cc1ccc(C(O)Cc2ccc(Cl)cc2F)cc1. The fraction of sp³-hybridized carbons (Fsp3) is 0.133. The lowest BCUT2D eigenvalue weighted by atomic mass is 10.0. The third-order valence-electron chi connectivity index (χ3n) is 2.85. The van der Waals surface area contributed by atoms with Crippen LogP contribution >= 0.6 is 11.6 Å². The standard InChI is InChI=1S/C15H11ClFNO/c16-13-6-5-12(14(17)8-13)7-15(19)11-3-1-10(9-18)2-4-11/h1-6,8,15,19H,7H2. The minimum atomic E-state index is -0.816. The molecule has 2 aromatic rings. The van der Waals surface area contributed by atoms with Gasteiger partial charge in [-0.05, 0) is 35.4 Å². The molecular weight excluding hydrogens is 265 g/mol. The molecule has 0 aliphatic carbocycles. The van der Waals surface area contributed by atoms with E-state index in [4.69, 9.17) is 16.9 Å². The van der Waals surface area contributed by atoms with E-state index in [9.17, 15) is 9.50 Å². The first-order chi connectivity index (χ1) is 9.10. The summed E-state index contributed by atoms with van der Waals surface area (Å²) in [4.78, 5) is 0. The molecule has 19 heavy (non-hydrogen) atoms. The Morgan fingerprint density at radius 3 is 2.47 bits per heavy atom. The van der Waals surface area contributed by atoms with Crippen molar-refractivity contribution in [3.63, 3.8) is 0 Å².